The van der Waals surface area contributed by atoms with Gasteiger partial charge in [0.05, 0.1) is 25.4 Å². The molecule has 0 aromatic rings. The second-order valence-electron chi connectivity index (χ2n) is 26.7. The van der Waals surface area contributed by atoms with Gasteiger partial charge in [0, 0.05) is 12.8 Å². The Hall–Kier alpha value is -1.66. The van der Waals surface area contributed by atoms with E-state index in [9.17, 15) is 19.8 Å². The van der Waals surface area contributed by atoms with Gasteiger partial charge in [-0.2, -0.15) is 0 Å². The number of unbranched alkanes of at least 4 members (excludes halogenated alkanes) is 58. The molecule has 2 atom stereocenters. The highest BCUT2D eigenvalue weighted by Gasteiger charge is 2.20. The van der Waals surface area contributed by atoms with Crippen molar-refractivity contribution in [1.82, 2.24) is 5.32 Å². The molecule has 0 aliphatic rings. The summed E-state index contributed by atoms with van der Waals surface area (Å²) in [6.07, 6.45) is 94.0. The predicted octanol–water partition coefficient (Wildman–Crippen LogP) is 25.3. The molecule has 3 N–H and O–H groups in total. The predicted molar refractivity (Wildman–Crippen MR) is 370 cm³/mol. The van der Waals surface area contributed by atoms with Crippen molar-refractivity contribution in [1.29, 1.82) is 0 Å². The van der Waals surface area contributed by atoms with Gasteiger partial charge < -0.3 is 20.3 Å². The van der Waals surface area contributed by atoms with E-state index < -0.39 is 12.1 Å². The lowest BCUT2D eigenvalue weighted by atomic mass is 10.0. The molecule has 0 bridgehead atoms. The molecule has 0 radical (unpaired) electrons. The van der Waals surface area contributed by atoms with Crippen LogP contribution in [0.1, 0.15) is 438 Å². The highest BCUT2D eigenvalue weighted by atomic mass is 16.5. The molecule has 6 heteroatoms. The van der Waals surface area contributed by atoms with Crippen molar-refractivity contribution in [2.24, 2.45) is 0 Å². The lowest BCUT2D eigenvalue weighted by Crippen LogP contribution is -2.45. The van der Waals surface area contributed by atoms with E-state index in [1.165, 1.54) is 360 Å². The molecule has 0 heterocycles. The number of hydrogen-bond donors (Lipinski definition) is 3. The van der Waals surface area contributed by atoms with Crippen molar-refractivity contribution < 1.29 is 24.5 Å². The minimum atomic E-state index is -0.662. The molecule has 0 aromatic heterocycles. The molecule has 84 heavy (non-hydrogen) atoms. The van der Waals surface area contributed by atoms with Crippen LogP contribution >= 0.6 is 0 Å². The number of rotatable bonds is 73. The largest absolute Gasteiger partial charge is 0.466 e. The van der Waals surface area contributed by atoms with Gasteiger partial charge in [0.1, 0.15) is 0 Å². The maximum atomic E-state index is 12.5. The van der Waals surface area contributed by atoms with Crippen LogP contribution in [0.25, 0.3) is 0 Å². The molecule has 0 spiro atoms. The monoisotopic (exact) mass is 1180 g/mol. The first kappa shape index (κ1) is 82.3. The summed E-state index contributed by atoms with van der Waals surface area (Å²) >= 11 is 0. The molecular weight excluding hydrogens is 1030 g/mol. The summed E-state index contributed by atoms with van der Waals surface area (Å²) in [5.41, 5.74) is 0. The number of esters is 1. The quantitative estimate of drug-likeness (QED) is 0.0320. The minimum absolute atomic E-state index is 0.0122. The van der Waals surface area contributed by atoms with Crippen LogP contribution < -0.4 is 5.32 Å². The van der Waals surface area contributed by atoms with E-state index in [0.29, 0.717) is 25.9 Å². The zero-order valence-corrected chi connectivity index (χ0v) is 57.2. The second kappa shape index (κ2) is 73.8. The zero-order valence-electron chi connectivity index (χ0n) is 57.2. The fourth-order valence-electron chi connectivity index (χ4n) is 12.3. The van der Waals surface area contributed by atoms with E-state index >= 15 is 0 Å². The van der Waals surface area contributed by atoms with Gasteiger partial charge >= 0.3 is 5.97 Å². The molecular formula is C78H151NO5. The van der Waals surface area contributed by atoms with Crippen LogP contribution in [0.2, 0.25) is 0 Å². The van der Waals surface area contributed by atoms with Crippen molar-refractivity contribution in [3.63, 3.8) is 0 Å². The minimum Gasteiger partial charge on any atom is -0.466 e. The summed E-state index contributed by atoms with van der Waals surface area (Å²) in [6.45, 7) is 4.99. The Kier molecular flexibility index (Phi) is 72.3. The Morgan fingerprint density at radius 2 is 0.560 bits per heavy atom. The summed E-state index contributed by atoms with van der Waals surface area (Å²) in [7, 11) is 0. The van der Waals surface area contributed by atoms with Crippen LogP contribution in [0, 0.1) is 0 Å². The molecule has 1 amide bonds. The Morgan fingerprint density at radius 3 is 0.845 bits per heavy atom. The van der Waals surface area contributed by atoms with Crippen LogP contribution in [0.3, 0.4) is 0 Å². The van der Waals surface area contributed by atoms with Crippen LogP contribution in [0.15, 0.2) is 24.3 Å². The Balaban J connectivity index is 3.34. The third kappa shape index (κ3) is 69.4. The number of hydrogen-bond acceptors (Lipinski definition) is 5. The molecule has 0 rings (SSSR count). The molecule has 498 valence electrons. The Bertz CT molecular complexity index is 1320. The van der Waals surface area contributed by atoms with Gasteiger partial charge in [-0.1, -0.05) is 372 Å². The summed E-state index contributed by atoms with van der Waals surface area (Å²) in [6, 6.07) is -0.539. The summed E-state index contributed by atoms with van der Waals surface area (Å²) in [4.78, 5) is 24.6. The average molecular weight is 1180 g/mol. The maximum Gasteiger partial charge on any atom is 0.305 e. The average Bonchev–Trinajstić information content (AvgIpc) is 3.51. The van der Waals surface area contributed by atoms with E-state index in [2.05, 4.69) is 43.5 Å². The number of carbonyl (C=O) groups excluding carboxylic acids is 2. The van der Waals surface area contributed by atoms with Gasteiger partial charge in [0.2, 0.25) is 5.91 Å². The van der Waals surface area contributed by atoms with E-state index in [1.54, 1.807) is 0 Å². The van der Waals surface area contributed by atoms with E-state index in [4.69, 9.17) is 4.74 Å². The lowest BCUT2D eigenvalue weighted by Gasteiger charge is -2.22. The van der Waals surface area contributed by atoms with Crippen molar-refractivity contribution in [2.45, 2.75) is 450 Å². The topological polar surface area (TPSA) is 95.9 Å². The normalized spacial score (nSPS) is 12.6. The number of ether oxygens (including phenoxy) is 1. The van der Waals surface area contributed by atoms with Gasteiger partial charge in [0.25, 0.3) is 0 Å². The third-order valence-electron chi connectivity index (χ3n) is 18.2. The van der Waals surface area contributed by atoms with Crippen molar-refractivity contribution in [2.75, 3.05) is 13.2 Å². The molecule has 6 nitrogen and oxygen atoms in total. The number of aliphatic hydroxyl groups is 2. The summed E-state index contributed by atoms with van der Waals surface area (Å²) < 4.78 is 5.50. The van der Waals surface area contributed by atoms with Gasteiger partial charge in [-0.3, -0.25) is 9.59 Å². The lowest BCUT2D eigenvalue weighted by molar-refractivity contribution is -0.143. The number of carbonyl (C=O) groups is 2. The summed E-state index contributed by atoms with van der Waals surface area (Å²) in [5, 5.41) is 23.4. The molecule has 0 aromatic carbocycles. The second-order valence-corrected chi connectivity index (χ2v) is 26.7. The van der Waals surface area contributed by atoms with Gasteiger partial charge in [-0.25, -0.2) is 0 Å². The number of allylic oxidation sites excluding steroid dienone is 4. The first-order chi connectivity index (χ1) is 41.5. The first-order valence-corrected chi connectivity index (χ1v) is 38.6. The van der Waals surface area contributed by atoms with Crippen molar-refractivity contribution >= 4 is 11.9 Å². The fourth-order valence-corrected chi connectivity index (χ4v) is 12.3. The van der Waals surface area contributed by atoms with Crippen LogP contribution in [-0.2, 0) is 14.3 Å². The molecule has 0 fully saturated rings. The van der Waals surface area contributed by atoms with Gasteiger partial charge in [-0.15, -0.1) is 0 Å². The number of nitrogens with one attached hydrogen (secondary N) is 1. The molecule has 2 unspecified atom stereocenters. The molecule has 0 saturated heterocycles. The maximum absolute atomic E-state index is 12.5. The first-order valence-electron chi connectivity index (χ1n) is 38.6. The van der Waals surface area contributed by atoms with E-state index in [0.717, 1.165) is 44.9 Å². The van der Waals surface area contributed by atoms with E-state index in [-0.39, 0.29) is 18.5 Å². The van der Waals surface area contributed by atoms with E-state index in [1.807, 2.05) is 0 Å². The van der Waals surface area contributed by atoms with Crippen LogP contribution in [-0.4, -0.2) is 47.4 Å². The third-order valence-corrected chi connectivity index (χ3v) is 18.2. The fraction of sp³-hybridized carbons (Fsp3) is 0.923. The summed E-state index contributed by atoms with van der Waals surface area (Å²) in [5.74, 6) is -0.0153. The van der Waals surface area contributed by atoms with Gasteiger partial charge in [-0.05, 0) is 77.0 Å². The standard InChI is InChI=1S/C78H151NO5/c1-3-5-7-9-11-13-15-17-19-21-39-42-46-50-54-58-62-66-70-76(81)75(74-80)79-77(82)71-67-63-59-55-51-47-43-40-37-35-33-31-29-27-25-23-22-24-26-28-30-32-34-36-38-41-45-49-53-57-61-65-69-73-84-78(83)72-68-64-60-56-52-48-44-20-18-16-14-12-10-8-6-4-2/h20,26,28,44,75-76,80-81H,3-19,21-25,27,29-43,45-74H2,1-2H3,(H,79,82)/b28-26-,44-20-. The number of amides is 1. The van der Waals surface area contributed by atoms with Gasteiger partial charge in [0.15, 0.2) is 0 Å². The van der Waals surface area contributed by atoms with Crippen LogP contribution in [0.5, 0.6) is 0 Å². The highest BCUT2D eigenvalue weighted by Crippen LogP contribution is 2.20. The Morgan fingerprint density at radius 1 is 0.321 bits per heavy atom. The number of aliphatic hydroxyl groups excluding tert-OH is 2. The Labute approximate surface area is 526 Å². The molecule has 0 aliphatic heterocycles. The smallest absolute Gasteiger partial charge is 0.305 e. The van der Waals surface area contributed by atoms with Crippen molar-refractivity contribution in [3.8, 4) is 0 Å². The molecule has 0 saturated carbocycles. The van der Waals surface area contributed by atoms with Crippen LogP contribution in [0.4, 0.5) is 0 Å². The molecule has 0 aliphatic carbocycles. The highest BCUT2D eigenvalue weighted by molar-refractivity contribution is 5.76. The SMILES string of the molecule is CCCCCCCCC/C=C\CCCCCCCC(=O)OCCCCCCCCCCCCCC/C=C\CCCCCCCCCCCCCCCCCCCC(=O)NC(CO)C(O)CCCCCCCCCCCCCCCCCCCC. The van der Waals surface area contributed by atoms with Crippen molar-refractivity contribution in [3.05, 3.63) is 24.3 Å². The zero-order chi connectivity index (χ0) is 60.6.